The number of carbonyl (C=O) groups excluding carboxylic acids is 2. The third kappa shape index (κ3) is 5.88. The van der Waals surface area contributed by atoms with Gasteiger partial charge in [-0.15, -0.1) is 0 Å². The van der Waals surface area contributed by atoms with Gasteiger partial charge in [0.1, 0.15) is 5.75 Å². The van der Waals surface area contributed by atoms with E-state index in [9.17, 15) is 9.59 Å². The van der Waals surface area contributed by atoms with Crippen LogP contribution in [-0.4, -0.2) is 41.6 Å². The minimum atomic E-state index is -0.341. The van der Waals surface area contributed by atoms with Crippen LogP contribution < -0.4 is 27.0 Å². The summed E-state index contributed by atoms with van der Waals surface area (Å²) in [6.07, 6.45) is 2.27. The van der Waals surface area contributed by atoms with Crippen molar-refractivity contribution in [2.75, 3.05) is 25.0 Å². The van der Waals surface area contributed by atoms with Gasteiger partial charge in [-0.25, -0.2) is 0 Å². The van der Waals surface area contributed by atoms with E-state index in [4.69, 9.17) is 4.74 Å². The number of benzene rings is 1. The molecular weight excluding hydrogens is 418 g/mol. The summed E-state index contributed by atoms with van der Waals surface area (Å²) in [5.74, 6) is 0.240. The maximum absolute atomic E-state index is 12.3. The van der Waals surface area contributed by atoms with Crippen molar-refractivity contribution in [3.63, 3.8) is 0 Å². The van der Waals surface area contributed by atoms with Gasteiger partial charge in [0.2, 0.25) is 5.91 Å². The fourth-order valence-corrected chi connectivity index (χ4v) is 3.27. The molecule has 1 aliphatic heterocycles. The van der Waals surface area contributed by atoms with Crippen LogP contribution in [0.4, 0.5) is 5.69 Å². The summed E-state index contributed by atoms with van der Waals surface area (Å²) < 4.78 is 5.50. The summed E-state index contributed by atoms with van der Waals surface area (Å²) >= 11 is 1.23. The zero-order valence-electron chi connectivity index (χ0n) is 15.1. The molecule has 0 bridgehead atoms. The van der Waals surface area contributed by atoms with Crippen molar-refractivity contribution in [3.05, 3.63) is 35.2 Å². The number of carbonyl (C=O) groups is 2. The predicted octanol–water partition coefficient (Wildman–Crippen LogP) is 0.273. The summed E-state index contributed by atoms with van der Waals surface area (Å²) in [5, 5.41) is 3.40. The summed E-state index contributed by atoms with van der Waals surface area (Å²) in [7, 11) is 0. The van der Waals surface area contributed by atoms with Crippen molar-refractivity contribution in [1.82, 2.24) is 4.90 Å². The lowest BCUT2D eigenvalue weighted by molar-refractivity contribution is -0.122. The van der Waals surface area contributed by atoms with Crippen LogP contribution in [0.2, 0.25) is 0 Å². The van der Waals surface area contributed by atoms with Crippen molar-refractivity contribution in [1.29, 1.82) is 0 Å². The Morgan fingerprint density at radius 1 is 1.27 bits per heavy atom. The van der Waals surface area contributed by atoms with Crippen LogP contribution in [-0.2, 0) is 9.59 Å². The Hall–Kier alpha value is -1.80. The molecule has 1 aromatic carbocycles. The third-order valence-electron chi connectivity index (χ3n) is 3.35. The third-order valence-corrected chi connectivity index (χ3v) is 4.40. The number of anilines is 1. The average Bonchev–Trinajstić information content (AvgIpc) is 2.89. The van der Waals surface area contributed by atoms with Crippen LogP contribution in [0.1, 0.15) is 27.2 Å². The van der Waals surface area contributed by atoms with Crippen molar-refractivity contribution in [3.8, 4) is 5.75 Å². The predicted molar refractivity (Wildman–Crippen MR) is 102 cm³/mol. The summed E-state index contributed by atoms with van der Waals surface area (Å²) in [6.45, 7) is 7.62. The number of nitrogens with one attached hydrogen (secondary N) is 1. The molecule has 1 saturated heterocycles. The van der Waals surface area contributed by atoms with Gasteiger partial charge in [0.05, 0.1) is 11.5 Å². The number of amides is 2. The minimum Gasteiger partial charge on any atom is -1.00 e. The molecular formula is C18H23BrN3O3S-. The standard InChI is InChI=1S/C18H23N3O3S.BrH/c1-4-11-24-14-9-7-13(8-10-14)20-16(22)12-15-17(23)21(6-3)18(25-15)19-5-2;/h7-10,12H,4-6,11H2,1-3H3,(H,20,22);1H/p-1/b15-12-,19-18?;. The van der Waals surface area contributed by atoms with Crippen molar-refractivity contribution < 1.29 is 31.3 Å². The summed E-state index contributed by atoms with van der Waals surface area (Å²) in [4.78, 5) is 30.8. The number of aliphatic imine (C=N–C) groups is 1. The molecule has 1 heterocycles. The topological polar surface area (TPSA) is 71.0 Å². The van der Waals surface area contributed by atoms with Gasteiger partial charge in [0, 0.05) is 24.9 Å². The lowest BCUT2D eigenvalue weighted by atomic mass is 10.3. The largest absolute Gasteiger partial charge is 1.00 e. The molecule has 0 atom stereocenters. The van der Waals surface area contributed by atoms with E-state index in [1.54, 1.807) is 29.2 Å². The molecule has 0 saturated carbocycles. The second kappa shape index (κ2) is 11.0. The monoisotopic (exact) mass is 440 g/mol. The van der Waals surface area contributed by atoms with E-state index >= 15 is 0 Å². The van der Waals surface area contributed by atoms with Crippen LogP contribution in [0.5, 0.6) is 5.75 Å². The van der Waals surface area contributed by atoms with Crippen LogP contribution in [0, 0.1) is 0 Å². The van der Waals surface area contributed by atoms with Gasteiger partial charge in [-0.2, -0.15) is 0 Å². The first-order valence-corrected chi connectivity index (χ1v) is 9.20. The van der Waals surface area contributed by atoms with Crippen LogP contribution >= 0.6 is 11.8 Å². The molecule has 142 valence electrons. The molecule has 0 spiro atoms. The lowest BCUT2D eigenvalue weighted by Crippen LogP contribution is -3.00. The molecule has 1 aromatic rings. The van der Waals surface area contributed by atoms with E-state index in [1.807, 2.05) is 20.8 Å². The number of hydrogen-bond donors (Lipinski definition) is 1. The molecule has 0 aliphatic carbocycles. The zero-order valence-corrected chi connectivity index (χ0v) is 17.5. The Morgan fingerprint density at radius 3 is 2.54 bits per heavy atom. The number of amidine groups is 1. The second-order valence-corrected chi connectivity index (χ2v) is 6.29. The van der Waals surface area contributed by atoms with Gasteiger partial charge in [-0.05, 0) is 56.3 Å². The molecule has 1 aliphatic rings. The van der Waals surface area contributed by atoms with Gasteiger partial charge in [-0.3, -0.25) is 19.5 Å². The number of likely N-dealkylation sites (N-methyl/N-ethyl adjacent to an activating group) is 1. The average molecular weight is 441 g/mol. The van der Waals surface area contributed by atoms with E-state index in [1.165, 1.54) is 17.8 Å². The molecule has 26 heavy (non-hydrogen) atoms. The lowest BCUT2D eigenvalue weighted by Gasteiger charge is -2.11. The molecule has 8 heteroatoms. The van der Waals surface area contributed by atoms with Crippen molar-refractivity contribution in [2.45, 2.75) is 27.2 Å². The Balaban J connectivity index is 0.00000338. The Morgan fingerprint density at radius 2 is 1.96 bits per heavy atom. The number of nitrogens with zero attached hydrogens (tertiary/aromatic N) is 2. The molecule has 2 amide bonds. The molecule has 0 unspecified atom stereocenters. The highest BCUT2D eigenvalue weighted by Crippen LogP contribution is 2.30. The molecule has 1 N–H and O–H groups in total. The van der Waals surface area contributed by atoms with E-state index < -0.39 is 0 Å². The van der Waals surface area contributed by atoms with Gasteiger partial charge in [0.25, 0.3) is 5.91 Å². The summed E-state index contributed by atoms with van der Waals surface area (Å²) in [6, 6.07) is 7.15. The first kappa shape index (κ1) is 22.2. The van der Waals surface area contributed by atoms with Crippen molar-refractivity contribution in [2.24, 2.45) is 4.99 Å². The van der Waals surface area contributed by atoms with Gasteiger partial charge >= 0.3 is 0 Å². The van der Waals surface area contributed by atoms with Gasteiger partial charge < -0.3 is 27.0 Å². The fraction of sp³-hybridized carbons (Fsp3) is 0.389. The van der Waals surface area contributed by atoms with Crippen LogP contribution in [0.25, 0.3) is 0 Å². The smallest absolute Gasteiger partial charge is 0.266 e. The number of hydrogen-bond acceptors (Lipinski definition) is 5. The minimum absolute atomic E-state index is 0. The van der Waals surface area contributed by atoms with E-state index in [-0.39, 0.29) is 28.8 Å². The highest BCUT2D eigenvalue weighted by Gasteiger charge is 2.32. The molecule has 6 nitrogen and oxygen atoms in total. The SMILES string of the molecule is CCCOc1ccc(NC(=O)/C=C2\SC(=NCC)N(CC)C2=O)cc1.[Br-]. The molecule has 0 radical (unpaired) electrons. The molecule has 0 aromatic heterocycles. The first-order chi connectivity index (χ1) is 12.1. The number of ether oxygens (including phenoxy) is 1. The second-order valence-electron chi connectivity index (χ2n) is 5.28. The van der Waals surface area contributed by atoms with Gasteiger partial charge in [0.15, 0.2) is 5.17 Å². The van der Waals surface area contributed by atoms with Crippen LogP contribution in [0.15, 0.2) is 40.2 Å². The molecule has 1 fully saturated rings. The number of rotatable bonds is 7. The van der Waals surface area contributed by atoms with E-state index in [0.717, 1.165) is 12.2 Å². The normalized spacial score (nSPS) is 16.7. The maximum Gasteiger partial charge on any atom is 0.266 e. The maximum atomic E-state index is 12.3. The summed E-state index contributed by atoms with van der Waals surface area (Å²) in [5.41, 5.74) is 0.649. The Labute approximate surface area is 168 Å². The van der Waals surface area contributed by atoms with E-state index in [2.05, 4.69) is 10.3 Å². The fourth-order valence-electron chi connectivity index (χ4n) is 2.19. The molecule has 2 rings (SSSR count). The first-order valence-electron chi connectivity index (χ1n) is 8.38. The Bertz CT molecular complexity index is 689. The van der Waals surface area contributed by atoms with E-state index in [0.29, 0.717) is 35.5 Å². The number of thioether (sulfide) groups is 1. The van der Waals surface area contributed by atoms with Crippen molar-refractivity contribution >= 4 is 34.4 Å². The highest BCUT2D eigenvalue weighted by atomic mass is 79.9. The number of halogens is 1. The van der Waals surface area contributed by atoms with Crippen LogP contribution in [0.3, 0.4) is 0 Å². The Kier molecular flexibility index (Phi) is 9.43. The van der Waals surface area contributed by atoms with Gasteiger partial charge in [-0.1, -0.05) is 6.92 Å². The quantitative estimate of drug-likeness (QED) is 0.617. The highest BCUT2D eigenvalue weighted by molar-refractivity contribution is 8.18. The zero-order chi connectivity index (χ0) is 18.2.